The highest BCUT2D eigenvalue weighted by molar-refractivity contribution is 5.85. The molecule has 2 heterocycles. The van der Waals surface area contributed by atoms with E-state index in [-0.39, 0.29) is 12.4 Å². The molecular weight excluding hydrogens is 240 g/mol. The van der Waals surface area contributed by atoms with Gasteiger partial charge in [-0.15, -0.1) is 12.4 Å². The lowest BCUT2D eigenvalue weighted by atomic mass is 9.99. The van der Waals surface area contributed by atoms with Crippen LogP contribution in [0.25, 0.3) is 0 Å². The molecule has 0 saturated carbocycles. The van der Waals surface area contributed by atoms with E-state index in [1.807, 2.05) is 6.92 Å². The van der Waals surface area contributed by atoms with Gasteiger partial charge < -0.3 is 10.3 Å². The van der Waals surface area contributed by atoms with Crippen molar-refractivity contribution in [2.75, 3.05) is 13.1 Å². The van der Waals surface area contributed by atoms with Crippen LogP contribution < -0.4 is 5.73 Å². The number of nitrogens with zero attached hydrogens (tertiary/aromatic N) is 3. The average Bonchev–Trinajstić information content (AvgIpc) is 2.67. The Hall–Kier alpha value is -0.650. The van der Waals surface area contributed by atoms with Crippen LogP contribution in [0.2, 0.25) is 0 Å². The van der Waals surface area contributed by atoms with Crippen LogP contribution in [-0.4, -0.2) is 34.2 Å². The van der Waals surface area contributed by atoms with Gasteiger partial charge in [0.25, 0.3) is 0 Å². The maximum atomic E-state index is 5.64. The minimum Gasteiger partial charge on any atom is -0.338 e. The summed E-state index contributed by atoms with van der Waals surface area (Å²) in [5, 5.41) is 3.82. The second-order valence-electron chi connectivity index (χ2n) is 4.43. The monoisotopic (exact) mass is 260 g/mol. The van der Waals surface area contributed by atoms with Crippen molar-refractivity contribution in [3.8, 4) is 0 Å². The van der Waals surface area contributed by atoms with Crippen molar-refractivity contribution in [2.45, 2.75) is 45.2 Å². The van der Waals surface area contributed by atoms with Crippen LogP contribution in [0.3, 0.4) is 0 Å². The molecule has 0 aliphatic carbocycles. The van der Waals surface area contributed by atoms with E-state index in [9.17, 15) is 0 Å². The van der Waals surface area contributed by atoms with E-state index in [2.05, 4.69) is 15.0 Å². The van der Waals surface area contributed by atoms with Gasteiger partial charge in [0, 0.05) is 6.04 Å². The molecule has 1 aromatic rings. The third kappa shape index (κ3) is 3.94. The van der Waals surface area contributed by atoms with Gasteiger partial charge in [-0.3, -0.25) is 4.90 Å². The Morgan fingerprint density at radius 1 is 1.47 bits per heavy atom. The first-order valence-corrected chi connectivity index (χ1v) is 6.03. The molecule has 2 rings (SSSR count). The van der Waals surface area contributed by atoms with Gasteiger partial charge in [-0.2, -0.15) is 4.98 Å². The van der Waals surface area contributed by atoms with Gasteiger partial charge in [0.15, 0.2) is 5.82 Å². The lowest BCUT2D eigenvalue weighted by Gasteiger charge is -2.34. The zero-order valence-electron chi connectivity index (χ0n) is 10.3. The zero-order valence-corrected chi connectivity index (χ0v) is 11.1. The second kappa shape index (κ2) is 6.93. The molecule has 17 heavy (non-hydrogen) atoms. The van der Waals surface area contributed by atoms with Crippen molar-refractivity contribution >= 4 is 12.4 Å². The Morgan fingerprint density at radius 3 is 2.94 bits per heavy atom. The first-order valence-electron chi connectivity index (χ1n) is 6.03. The lowest BCUT2D eigenvalue weighted by Crippen LogP contribution is -2.40. The second-order valence-corrected chi connectivity index (χ2v) is 4.43. The summed E-state index contributed by atoms with van der Waals surface area (Å²) in [4.78, 5) is 6.67. The quantitative estimate of drug-likeness (QED) is 0.889. The molecule has 0 aromatic carbocycles. The summed E-state index contributed by atoms with van der Waals surface area (Å²) in [7, 11) is 0. The van der Waals surface area contributed by atoms with Crippen LogP contribution in [0.5, 0.6) is 0 Å². The molecular formula is C11H21ClN4O. The van der Waals surface area contributed by atoms with Gasteiger partial charge in [-0.1, -0.05) is 11.6 Å². The Balaban J connectivity index is 0.00000144. The molecule has 1 unspecified atom stereocenters. The van der Waals surface area contributed by atoms with Crippen LogP contribution in [0, 0.1) is 6.92 Å². The molecule has 1 aliphatic rings. The van der Waals surface area contributed by atoms with Crippen molar-refractivity contribution in [3.63, 3.8) is 0 Å². The predicted octanol–water partition coefficient (Wildman–Crippen LogP) is 1.50. The summed E-state index contributed by atoms with van der Waals surface area (Å²) in [6.07, 6.45) is 4.87. The van der Waals surface area contributed by atoms with Crippen LogP contribution in [0.4, 0.5) is 0 Å². The smallest absolute Gasteiger partial charge is 0.240 e. The number of hydrogen-bond acceptors (Lipinski definition) is 5. The van der Waals surface area contributed by atoms with Crippen molar-refractivity contribution < 1.29 is 4.52 Å². The number of piperidine rings is 1. The highest BCUT2D eigenvalue weighted by Gasteiger charge is 2.23. The summed E-state index contributed by atoms with van der Waals surface area (Å²) in [5.41, 5.74) is 5.64. The summed E-state index contributed by atoms with van der Waals surface area (Å²) in [6, 6.07) is 0.589. The number of rotatable bonds is 4. The number of hydrogen-bond donors (Lipinski definition) is 1. The third-order valence-corrected chi connectivity index (χ3v) is 3.16. The van der Waals surface area contributed by atoms with E-state index in [1.165, 1.54) is 19.3 Å². The maximum absolute atomic E-state index is 5.64. The van der Waals surface area contributed by atoms with E-state index >= 15 is 0 Å². The zero-order chi connectivity index (χ0) is 11.4. The molecule has 5 nitrogen and oxygen atoms in total. The van der Waals surface area contributed by atoms with Crippen LogP contribution in [0.1, 0.15) is 37.4 Å². The van der Waals surface area contributed by atoms with Gasteiger partial charge in [-0.25, -0.2) is 0 Å². The molecule has 1 saturated heterocycles. The topological polar surface area (TPSA) is 68.2 Å². The highest BCUT2D eigenvalue weighted by Crippen LogP contribution is 2.20. The SMILES string of the molecule is Cc1noc(CN2CCCCC2CCN)n1.Cl. The summed E-state index contributed by atoms with van der Waals surface area (Å²) in [5.74, 6) is 1.43. The third-order valence-electron chi connectivity index (χ3n) is 3.16. The van der Waals surface area contributed by atoms with Crippen molar-refractivity contribution in [2.24, 2.45) is 5.73 Å². The largest absolute Gasteiger partial charge is 0.338 e. The predicted molar refractivity (Wildman–Crippen MR) is 68.0 cm³/mol. The van der Waals surface area contributed by atoms with E-state index in [0.29, 0.717) is 11.9 Å². The molecule has 1 fully saturated rings. The van der Waals surface area contributed by atoms with Gasteiger partial charge in [0.1, 0.15) is 0 Å². The Morgan fingerprint density at radius 2 is 2.29 bits per heavy atom. The van der Waals surface area contributed by atoms with Crippen LogP contribution >= 0.6 is 12.4 Å². The number of aryl methyl sites for hydroxylation is 1. The Labute approximate surface area is 108 Å². The molecule has 2 N–H and O–H groups in total. The van der Waals surface area contributed by atoms with Gasteiger partial charge in [-0.05, 0) is 39.3 Å². The number of aromatic nitrogens is 2. The molecule has 1 aromatic heterocycles. The first kappa shape index (κ1) is 14.4. The van der Waals surface area contributed by atoms with Crippen molar-refractivity contribution in [1.29, 1.82) is 0 Å². The molecule has 0 amide bonds. The van der Waals surface area contributed by atoms with Gasteiger partial charge >= 0.3 is 0 Å². The van der Waals surface area contributed by atoms with E-state index in [0.717, 1.165) is 31.9 Å². The minimum atomic E-state index is 0. The standard InChI is InChI=1S/C11H20N4O.ClH/c1-9-13-11(16-14-9)8-15-7-3-2-4-10(15)5-6-12;/h10H,2-8,12H2,1H3;1H. The highest BCUT2D eigenvalue weighted by atomic mass is 35.5. The Bertz CT molecular complexity index is 329. The maximum Gasteiger partial charge on any atom is 0.240 e. The molecule has 0 radical (unpaired) electrons. The molecule has 1 aliphatic heterocycles. The molecule has 98 valence electrons. The van der Waals surface area contributed by atoms with Crippen molar-refractivity contribution in [3.05, 3.63) is 11.7 Å². The van der Waals surface area contributed by atoms with Gasteiger partial charge in [0.05, 0.1) is 6.54 Å². The Kier molecular flexibility index (Phi) is 5.88. The average molecular weight is 261 g/mol. The van der Waals surface area contributed by atoms with Crippen LogP contribution in [0.15, 0.2) is 4.52 Å². The fourth-order valence-electron chi connectivity index (χ4n) is 2.37. The fraction of sp³-hybridized carbons (Fsp3) is 0.818. The van der Waals surface area contributed by atoms with Crippen molar-refractivity contribution in [1.82, 2.24) is 15.0 Å². The molecule has 6 heteroatoms. The summed E-state index contributed by atoms with van der Waals surface area (Å²) < 4.78 is 5.16. The molecule has 1 atom stereocenters. The lowest BCUT2D eigenvalue weighted by molar-refractivity contribution is 0.118. The number of halogens is 1. The van der Waals surface area contributed by atoms with E-state index in [1.54, 1.807) is 0 Å². The first-order chi connectivity index (χ1) is 7.79. The van der Waals surface area contributed by atoms with Crippen LogP contribution in [-0.2, 0) is 6.54 Å². The number of likely N-dealkylation sites (tertiary alicyclic amines) is 1. The number of nitrogens with two attached hydrogens (primary N) is 1. The van der Waals surface area contributed by atoms with E-state index in [4.69, 9.17) is 10.3 Å². The molecule has 0 bridgehead atoms. The minimum absolute atomic E-state index is 0. The van der Waals surface area contributed by atoms with E-state index < -0.39 is 0 Å². The van der Waals surface area contributed by atoms with Gasteiger partial charge in [0.2, 0.25) is 5.89 Å². The fourth-order valence-corrected chi connectivity index (χ4v) is 2.37. The summed E-state index contributed by atoms with van der Waals surface area (Å²) >= 11 is 0. The normalized spacial score (nSPS) is 21.2. The molecule has 0 spiro atoms. The summed E-state index contributed by atoms with van der Waals surface area (Å²) in [6.45, 7) is 4.49.